The molecule has 14 N–H and O–H groups in total. The number of nitrogens with one attached hydrogen (secondary N) is 1. The lowest BCUT2D eigenvalue weighted by Gasteiger charge is -2.51. The first-order chi connectivity index (χ1) is 66.0. The predicted molar refractivity (Wildman–Crippen MR) is 558 cm³/mol. The number of ether oxygens (including phenoxy) is 15. The predicted octanol–water partition coefficient (Wildman–Crippen LogP) is 8.20. The Morgan fingerprint density at radius 2 is 0.469 bits per heavy atom. The van der Waals surface area contributed by atoms with Crippen LogP contribution < -0.4 is 9.62 Å². The fourth-order valence-electron chi connectivity index (χ4n) is 16.4. The van der Waals surface area contributed by atoms with E-state index in [4.69, 9.17) is 102 Å². The van der Waals surface area contributed by atoms with Crippen molar-refractivity contribution in [1.82, 2.24) is 4.72 Å². The molecule has 0 radical (unpaired) electrons. The summed E-state index contributed by atoms with van der Waals surface area (Å²) in [6.45, 7) is 65.5. The number of hydrogen-bond donors (Lipinski definition) is 14. The molecule has 0 aromatic heterocycles. The van der Waals surface area contributed by atoms with Crippen LogP contribution in [0.1, 0.15) is 145 Å². The maximum atomic E-state index is 14.8. The fourth-order valence-corrected chi connectivity index (χ4v) is 24.7. The molecule has 15 fully saturated rings. The Labute approximate surface area is 868 Å². The van der Waals surface area contributed by atoms with E-state index in [1.54, 1.807) is 24.3 Å². The first kappa shape index (κ1) is 125. The molecule has 842 valence electrons. The number of anilines is 1. The van der Waals surface area contributed by atoms with Crippen LogP contribution in [-0.4, -0.2) is 421 Å². The van der Waals surface area contributed by atoms with Crippen LogP contribution in [0.5, 0.6) is 0 Å². The monoisotopic (exact) mass is 2210 g/mol. The van der Waals surface area contributed by atoms with Crippen molar-refractivity contribution in [3.05, 3.63) is 36.4 Å². The van der Waals surface area contributed by atoms with Crippen LogP contribution in [0.25, 0.3) is 10.8 Å². The zero-order valence-corrected chi connectivity index (χ0v) is 101. The lowest BCUT2D eigenvalue weighted by Crippen LogP contribution is -2.69. The van der Waals surface area contributed by atoms with Gasteiger partial charge in [-0.3, -0.25) is 0 Å². The van der Waals surface area contributed by atoms with E-state index in [0.717, 1.165) is 5.69 Å². The molecule has 15 saturated heterocycles. The molecule has 0 amide bonds. The Morgan fingerprint density at radius 3 is 0.683 bits per heavy atom. The highest BCUT2D eigenvalue weighted by atomic mass is 32.2. The summed E-state index contributed by atoms with van der Waals surface area (Å²) < 4.78 is 183. The Bertz CT molecular complexity index is 4540. The van der Waals surface area contributed by atoms with Gasteiger partial charge in [0.05, 0.1) is 57.8 Å². The molecular weight excluding hydrogens is 2030 g/mol. The van der Waals surface area contributed by atoms with E-state index in [1.807, 2.05) is 262 Å². The third-order valence-corrected chi connectivity index (χ3v) is 66.8. The number of sulfonamides is 1. The van der Waals surface area contributed by atoms with Gasteiger partial charge >= 0.3 is 0 Å². The van der Waals surface area contributed by atoms with E-state index in [0.29, 0.717) is 10.8 Å². The molecule has 17 rings (SSSR count). The van der Waals surface area contributed by atoms with Gasteiger partial charge in [0.1, 0.15) is 171 Å². The Balaban J connectivity index is 1.16. The van der Waals surface area contributed by atoms with Crippen LogP contribution in [0, 0.1) is 0 Å². The van der Waals surface area contributed by atoms with Gasteiger partial charge in [-0.25, -0.2) is 13.1 Å². The van der Waals surface area contributed by atoms with Gasteiger partial charge in [0.2, 0.25) is 10.0 Å². The van der Waals surface area contributed by atoms with Gasteiger partial charge in [0.15, 0.2) is 102 Å². The van der Waals surface area contributed by atoms with Crippen LogP contribution in [-0.2, 0) is 112 Å². The molecule has 0 spiro atoms. The Morgan fingerprint density at radius 1 is 0.276 bits per heavy atom. The van der Waals surface area contributed by atoms with E-state index in [2.05, 4.69) is 4.72 Å². The third kappa shape index (κ3) is 28.6. The van der Waals surface area contributed by atoms with Crippen molar-refractivity contribution in [1.29, 1.82) is 0 Å². The van der Waals surface area contributed by atoms with E-state index in [9.17, 15) is 74.8 Å². The van der Waals surface area contributed by atoms with Gasteiger partial charge in [0, 0.05) is 37.1 Å². The molecule has 0 aliphatic carbocycles. The highest BCUT2D eigenvalue weighted by Crippen LogP contribution is 2.49. The van der Waals surface area contributed by atoms with Crippen LogP contribution in [0.4, 0.5) is 5.69 Å². The van der Waals surface area contributed by atoms with Crippen molar-refractivity contribution in [2.24, 2.45) is 0 Å². The standard InChI is InChI=1S/C98H184N2O37SSi7/c1-92(2,3)139(24,25)117-46-56-77-64(101)70(107)86(124-56)132-79-58(48-119-141(28,29)94(7,8)9)126-88(72(109)66(79)103)134-81-60(50-121-143(32,33)96(13,14)15)128-90(74(111)68(81)105)136-83-62(52-123-145(36,37)98(19,20)21)130-91(84(76(83)113)116-45-44-99-138(114,115)63-43-39-40-53-54(63)41-38-42-55(53)100(22)23)137-82-61(51-122-144(34,35)97(16,17)18)129-89(75(112)69(82)106)135-80-59(49-120-142(30,31)95(10,11)12)127-87(73(110)67(80)104)133-78-57(47-118-140(26,27)93(4,5)6)125-85(131-77)71(108)65(78)102/h38-43,56-62,64-91,99,101-113H,44-52H2,1-37H3/t56-,57-,58-,59-,60-,61-,62-,64-,65-,66-,67-,68-,69-,70-,71-,72-,73-,74-,75-,76+,77-,78-,79-,80-,81-,82-,83-,84+,85-,86-,87-,88-,89-,90-,91-/m0/s1. The minimum atomic E-state index is -4.41. The summed E-state index contributed by atoms with van der Waals surface area (Å²) in [5, 5.41) is 167. The molecule has 145 heavy (non-hydrogen) atoms. The van der Waals surface area contributed by atoms with Crippen LogP contribution in [0.3, 0.4) is 0 Å². The Kier molecular flexibility index (Phi) is 40.6. The summed E-state index contributed by atoms with van der Waals surface area (Å²) in [4.78, 5) is 1.80. The average molecular weight is 2210 g/mol. The number of hydrogen-bond acceptors (Lipinski definition) is 38. The molecule has 35 atom stereocenters. The van der Waals surface area contributed by atoms with E-state index < -0.39 is 378 Å². The first-order valence-corrected chi connectivity index (χ1v) is 73.2. The topological polar surface area (TPSA) is 515 Å². The SMILES string of the molecule is CN(C)c1cccc2c(S(=O)(=O)NCCO[C@H]3[C@@H]4O[C@@H]5[C@@H](O)[C@H](O)[C@H](O[C@@H]6[C@@H](O)[C@H](O)[C@H](O[C@@H]7[C@@H](O)[C@H](O)[C@H](O[C@@H]8[C@@H](O)[C@H](O)[C@H](O[C@@H]9[C@@H](O)[C@H](O)[C@H](O[C@@H]%10[C@@H](O)[C@H](O)[C@H](O[C@H]([C@H]3O)[C@H](CO[Si](C)(C)C(C)(C)C)O4)O[C@H]%10CO[Si](C)(C)C(C)(C)C)O[C@H]9CO[Si](C)(C)C(C)(C)C)O[C@H]8CO[Si](C)(C)C(C)(C)C)O[C@H]7CO[Si](C)(C)C(C)(C)C)O[C@H]6CO[Si](C)(C)C(C)(C)C)O[C@H]5CO[Si](C)(C)C(C)(C)C)cccc12. The molecule has 15 heterocycles. The minimum absolute atomic E-state index is 0.0621. The quantitative estimate of drug-likeness (QED) is 0.0282. The number of nitrogens with zero attached hydrogens (tertiary/aromatic N) is 1. The summed E-state index contributed by atoms with van der Waals surface area (Å²) in [6.07, 6.45) is -66.4. The van der Waals surface area contributed by atoms with Gasteiger partial charge in [-0.1, -0.05) is 170 Å². The second kappa shape index (κ2) is 47.0. The van der Waals surface area contributed by atoms with Gasteiger partial charge < -0.3 is 173 Å². The maximum Gasteiger partial charge on any atom is 0.241 e. The summed E-state index contributed by atoms with van der Waals surface area (Å²) in [7, 11) is -21.0. The highest BCUT2D eigenvalue weighted by Gasteiger charge is 2.63. The smallest absolute Gasteiger partial charge is 0.241 e. The van der Waals surface area contributed by atoms with Crippen molar-refractivity contribution in [2.45, 2.75) is 492 Å². The number of fused-ring (bicyclic) bond motifs is 8. The zero-order valence-electron chi connectivity index (χ0n) is 93.0. The second-order valence-corrected chi connectivity index (χ2v) is 87.0. The number of rotatable bonds is 28. The molecule has 0 unspecified atom stereocenters. The third-order valence-electron chi connectivity index (χ3n) is 33.7. The summed E-state index contributed by atoms with van der Waals surface area (Å²) in [5.74, 6) is 0. The number of benzene rings is 2. The molecule has 0 saturated carbocycles. The van der Waals surface area contributed by atoms with E-state index in [-0.39, 0.29) is 4.90 Å². The molecule has 14 bridgehead atoms. The highest BCUT2D eigenvalue weighted by molar-refractivity contribution is 7.89. The number of aliphatic hydroxyl groups is 13. The van der Waals surface area contributed by atoms with Crippen LogP contribution in [0.15, 0.2) is 41.3 Å². The van der Waals surface area contributed by atoms with Gasteiger partial charge in [-0.15, -0.1) is 0 Å². The largest absolute Gasteiger partial charge is 0.414 e. The summed E-state index contributed by atoms with van der Waals surface area (Å²) >= 11 is 0. The fraction of sp³-hybridized carbons (Fsp3) is 0.898. The van der Waals surface area contributed by atoms with Crippen LogP contribution >= 0.6 is 0 Å². The Hall–Kier alpha value is -1.47. The second-order valence-electron chi connectivity index (χ2n) is 51.6. The molecule has 47 heteroatoms. The van der Waals surface area contributed by atoms with Gasteiger partial charge in [-0.2, -0.15) is 0 Å². The summed E-state index contributed by atoms with van der Waals surface area (Å²) in [5.41, 5.74) is 0.749. The molecular formula is C98H184N2O37SSi7. The molecule has 39 nitrogen and oxygen atoms in total. The molecule has 2 aromatic carbocycles. The van der Waals surface area contributed by atoms with Crippen molar-refractivity contribution < 1.29 is 177 Å². The first-order valence-electron chi connectivity index (χ1n) is 51.3. The van der Waals surface area contributed by atoms with Crippen LogP contribution in [0.2, 0.25) is 127 Å². The van der Waals surface area contributed by atoms with Crippen molar-refractivity contribution >= 4 is 84.7 Å². The zero-order chi connectivity index (χ0) is 109. The lowest BCUT2D eigenvalue weighted by atomic mass is 9.95. The van der Waals surface area contributed by atoms with Crippen molar-refractivity contribution in [2.75, 3.05) is 78.4 Å². The summed E-state index contributed by atoms with van der Waals surface area (Å²) in [6, 6.07) is 10.2. The average Bonchev–Trinajstić information content (AvgIpc) is 0.857. The normalized spacial score (nSPS) is 36.9. The molecule has 15 aliphatic rings. The van der Waals surface area contributed by atoms with E-state index >= 15 is 0 Å². The molecule has 2 aromatic rings. The van der Waals surface area contributed by atoms with Gasteiger partial charge in [-0.05, 0) is 139 Å². The number of aliphatic hydroxyl groups excluding tert-OH is 13. The minimum Gasteiger partial charge on any atom is -0.414 e. The van der Waals surface area contributed by atoms with E-state index in [1.165, 1.54) is 6.07 Å². The van der Waals surface area contributed by atoms with Gasteiger partial charge in [0.25, 0.3) is 0 Å². The molecule has 15 aliphatic heterocycles. The lowest BCUT2D eigenvalue weighted by molar-refractivity contribution is -0.397. The van der Waals surface area contributed by atoms with Crippen molar-refractivity contribution in [3.63, 3.8) is 0 Å². The van der Waals surface area contributed by atoms with Crippen molar-refractivity contribution in [3.8, 4) is 0 Å². The maximum absolute atomic E-state index is 14.8.